The lowest BCUT2D eigenvalue weighted by Crippen LogP contribution is -2.39. The number of anilines is 1. The summed E-state index contributed by atoms with van der Waals surface area (Å²) in [6.07, 6.45) is 8.10. The smallest absolute Gasteiger partial charge is 0.358 e. The lowest BCUT2D eigenvalue weighted by Gasteiger charge is -2.39. The molecule has 3 rings (SSSR count). The number of aromatic nitrogens is 2. The normalized spacial score (nSPS) is 21.1. The van der Waals surface area contributed by atoms with Crippen LogP contribution in [0, 0.1) is 5.41 Å². The summed E-state index contributed by atoms with van der Waals surface area (Å²) in [5, 5.41) is 8.11. The van der Waals surface area contributed by atoms with Gasteiger partial charge >= 0.3 is 5.97 Å². The lowest BCUT2D eigenvalue weighted by molar-refractivity contribution is 0.0592. The standard InChI is InChI=1S/C15H21N3O2/c1-20-14(19)12-4-5-13(17-16-12)18-10-8-15(9-11-18)6-2-3-7-15/h4-5H,2-3,6-11H2,1H3. The van der Waals surface area contributed by atoms with E-state index in [1.165, 1.54) is 45.6 Å². The maximum atomic E-state index is 11.3. The Kier molecular flexibility index (Phi) is 3.59. The van der Waals surface area contributed by atoms with Crippen LogP contribution in [0.3, 0.4) is 0 Å². The van der Waals surface area contributed by atoms with Gasteiger partial charge in [-0.25, -0.2) is 4.79 Å². The fraction of sp³-hybridized carbons (Fsp3) is 0.667. The molecule has 108 valence electrons. The van der Waals surface area contributed by atoms with Gasteiger partial charge in [0.1, 0.15) is 0 Å². The molecule has 2 heterocycles. The van der Waals surface area contributed by atoms with Crippen LogP contribution in [0.5, 0.6) is 0 Å². The highest BCUT2D eigenvalue weighted by Gasteiger charge is 2.37. The first-order valence-electron chi connectivity index (χ1n) is 7.39. The molecule has 1 aliphatic carbocycles. The van der Waals surface area contributed by atoms with Crippen molar-refractivity contribution in [2.75, 3.05) is 25.1 Å². The molecule has 0 atom stereocenters. The minimum absolute atomic E-state index is 0.264. The van der Waals surface area contributed by atoms with Crippen molar-refractivity contribution in [3.8, 4) is 0 Å². The van der Waals surface area contributed by atoms with Crippen LogP contribution in [0.1, 0.15) is 49.0 Å². The van der Waals surface area contributed by atoms with E-state index in [4.69, 9.17) is 0 Å². The van der Waals surface area contributed by atoms with Gasteiger partial charge in [0.05, 0.1) is 7.11 Å². The van der Waals surface area contributed by atoms with Gasteiger partial charge in [0, 0.05) is 13.1 Å². The van der Waals surface area contributed by atoms with E-state index >= 15 is 0 Å². The third kappa shape index (κ3) is 2.49. The van der Waals surface area contributed by atoms with Crippen LogP contribution in [-0.4, -0.2) is 36.4 Å². The van der Waals surface area contributed by atoms with E-state index in [2.05, 4.69) is 19.8 Å². The molecule has 5 nitrogen and oxygen atoms in total. The quantitative estimate of drug-likeness (QED) is 0.776. The predicted octanol–water partition coefficient (Wildman–Crippen LogP) is 2.42. The van der Waals surface area contributed by atoms with E-state index < -0.39 is 5.97 Å². The van der Waals surface area contributed by atoms with Crippen LogP contribution in [-0.2, 0) is 4.74 Å². The van der Waals surface area contributed by atoms with Crippen LogP contribution in [0.25, 0.3) is 0 Å². The number of hydrogen-bond donors (Lipinski definition) is 0. The molecule has 1 saturated heterocycles. The first kappa shape index (κ1) is 13.3. The molecule has 1 spiro atoms. The Morgan fingerprint density at radius 3 is 2.40 bits per heavy atom. The van der Waals surface area contributed by atoms with E-state index in [1.807, 2.05) is 6.07 Å². The number of nitrogens with zero attached hydrogens (tertiary/aromatic N) is 3. The minimum atomic E-state index is -0.437. The summed E-state index contributed by atoms with van der Waals surface area (Å²) in [5.74, 6) is 0.429. The van der Waals surface area contributed by atoms with Crippen LogP contribution in [0.2, 0.25) is 0 Å². The highest BCUT2D eigenvalue weighted by atomic mass is 16.5. The van der Waals surface area contributed by atoms with Crippen LogP contribution in [0.4, 0.5) is 5.82 Å². The van der Waals surface area contributed by atoms with Gasteiger partial charge in [0.25, 0.3) is 0 Å². The van der Waals surface area contributed by atoms with Gasteiger partial charge in [-0.3, -0.25) is 0 Å². The van der Waals surface area contributed by atoms with Gasteiger partial charge in [0.2, 0.25) is 0 Å². The fourth-order valence-corrected chi connectivity index (χ4v) is 3.54. The molecule has 1 aromatic rings. The number of esters is 1. The average molecular weight is 275 g/mol. The molecule has 1 aliphatic heterocycles. The Hall–Kier alpha value is -1.65. The summed E-state index contributed by atoms with van der Waals surface area (Å²) < 4.78 is 4.63. The Bertz CT molecular complexity index is 470. The van der Waals surface area contributed by atoms with Gasteiger partial charge in [-0.1, -0.05) is 12.8 Å². The molecule has 1 saturated carbocycles. The molecule has 0 amide bonds. The van der Waals surface area contributed by atoms with E-state index in [9.17, 15) is 4.79 Å². The van der Waals surface area contributed by atoms with Gasteiger partial charge in [-0.05, 0) is 43.2 Å². The summed E-state index contributed by atoms with van der Waals surface area (Å²) in [6, 6.07) is 3.56. The molecule has 0 N–H and O–H groups in total. The molecular formula is C15H21N3O2. The summed E-state index contributed by atoms with van der Waals surface area (Å²) in [4.78, 5) is 13.6. The van der Waals surface area contributed by atoms with E-state index in [-0.39, 0.29) is 5.69 Å². The Morgan fingerprint density at radius 2 is 1.85 bits per heavy atom. The number of methoxy groups -OCH3 is 1. The second-order valence-electron chi connectivity index (χ2n) is 5.96. The highest BCUT2D eigenvalue weighted by Crippen LogP contribution is 2.46. The van der Waals surface area contributed by atoms with Crippen molar-refractivity contribution in [1.29, 1.82) is 0 Å². The largest absolute Gasteiger partial charge is 0.464 e. The summed E-state index contributed by atoms with van der Waals surface area (Å²) in [6.45, 7) is 2.10. The molecule has 1 aromatic heterocycles. The maximum absolute atomic E-state index is 11.3. The van der Waals surface area contributed by atoms with Gasteiger partial charge in [-0.2, -0.15) is 0 Å². The third-order valence-corrected chi connectivity index (χ3v) is 4.86. The van der Waals surface area contributed by atoms with Gasteiger partial charge in [0.15, 0.2) is 11.5 Å². The second-order valence-corrected chi connectivity index (χ2v) is 5.96. The fourth-order valence-electron chi connectivity index (χ4n) is 3.54. The molecule has 0 unspecified atom stereocenters. The summed E-state index contributed by atoms with van der Waals surface area (Å²) >= 11 is 0. The number of ether oxygens (including phenoxy) is 1. The molecule has 0 bridgehead atoms. The van der Waals surface area contributed by atoms with Crippen molar-refractivity contribution in [2.24, 2.45) is 5.41 Å². The number of carbonyl (C=O) groups excluding carboxylic acids is 1. The van der Waals surface area contributed by atoms with Crippen LogP contribution >= 0.6 is 0 Å². The van der Waals surface area contributed by atoms with Crippen molar-refractivity contribution in [2.45, 2.75) is 38.5 Å². The molecular weight excluding hydrogens is 254 g/mol. The number of hydrogen-bond acceptors (Lipinski definition) is 5. The van der Waals surface area contributed by atoms with Crippen LogP contribution in [0.15, 0.2) is 12.1 Å². The maximum Gasteiger partial charge on any atom is 0.358 e. The summed E-state index contributed by atoms with van der Waals surface area (Å²) in [5.41, 5.74) is 0.871. The Morgan fingerprint density at radius 1 is 1.15 bits per heavy atom. The zero-order chi connectivity index (χ0) is 14.0. The van der Waals surface area contributed by atoms with Crippen LogP contribution < -0.4 is 4.90 Å². The van der Waals surface area contributed by atoms with Crippen molar-refractivity contribution in [1.82, 2.24) is 10.2 Å². The zero-order valence-electron chi connectivity index (χ0n) is 12.0. The number of carbonyl (C=O) groups is 1. The molecule has 2 fully saturated rings. The van der Waals surface area contributed by atoms with E-state index in [0.717, 1.165) is 18.9 Å². The minimum Gasteiger partial charge on any atom is -0.464 e. The SMILES string of the molecule is COC(=O)c1ccc(N2CCC3(CCCC3)CC2)nn1. The predicted molar refractivity (Wildman–Crippen MR) is 75.7 cm³/mol. The van der Waals surface area contributed by atoms with Crippen molar-refractivity contribution in [3.63, 3.8) is 0 Å². The number of piperidine rings is 1. The Balaban J connectivity index is 1.64. The summed E-state index contributed by atoms with van der Waals surface area (Å²) in [7, 11) is 1.35. The van der Waals surface area contributed by atoms with Crippen molar-refractivity contribution < 1.29 is 9.53 Å². The first-order valence-corrected chi connectivity index (χ1v) is 7.39. The van der Waals surface area contributed by atoms with Crippen molar-refractivity contribution >= 4 is 11.8 Å². The second kappa shape index (κ2) is 5.38. The lowest BCUT2D eigenvalue weighted by atomic mass is 9.77. The molecule has 0 aromatic carbocycles. The zero-order valence-corrected chi connectivity index (χ0v) is 12.0. The molecule has 20 heavy (non-hydrogen) atoms. The molecule has 2 aliphatic rings. The topological polar surface area (TPSA) is 55.3 Å². The monoisotopic (exact) mass is 275 g/mol. The Labute approximate surface area is 119 Å². The van der Waals surface area contributed by atoms with E-state index in [0.29, 0.717) is 5.41 Å². The van der Waals surface area contributed by atoms with Gasteiger partial charge in [-0.15, -0.1) is 10.2 Å². The number of rotatable bonds is 2. The third-order valence-electron chi connectivity index (χ3n) is 4.86. The first-order chi connectivity index (χ1) is 9.72. The highest BCUT2D eigenvalue weighted by molar-refractivity contribution is 5.86. The molecule has 5 heteroatoms. The molecule has 0 radical (unpaired) electrons. The van der Waals surface area contributed by atoms with Crippen molar-refractivity contribution in [3.05, 3.63) is 17.8 Å². The van der Waals surface area contributed by atoms with Gasteiger partial charge < -0.3 is 9.64 Å². The average Bonchev–Trinajstić information content (AvgIpc) is 2.96. The van der Waals surface area contributed by atoms with E-state index in [1.54, 1.807) is 6.07 Å².